The third-order valence-corrected chi connectivity index (χ3v) is 9.19. The molecule has 0 bridgehead atoms. The fraction of sp³-hybridized carbons (Fsp3) is 1.00. The molecule has 0 atom stereocenters. The van der Waals surface area contributed by atoms with E-state index in [9.17, 15) is 0 Å². The molecule has 0 nitrogen and oxygen atoms in total. The largest absolute Gasteiger partial charge is 0.0654 e. The van der Waals surface area contributed by atoms with Crippen molar-refractivity contribution in [1.82, 2.24) is 0 Å². The van der Waals surface area contributed by atoms with E-state index in [1.807, 2.05) is 0 Å². The Morgan fingerprint density at radius 1 is 0.343 bits per heavy atom. The van der Waals surface area contributed by atoms with Crippen LogP contribution in [0.25, 0.3) is 0 Å². The summed E-state index contributed by atoms with van der Waals surface area (Å²) < 4.78 is 0. The van der Waals surface area contributed by atoms with E-state index < -0.39 is 0 Å². The molecule has 35 heavy (non-hydrogen) atoms. The van der Waals surface area contributed by atoms with E-state index in [1.165, 1.54) is 205 Å². The van der Waals surface area contributed by atoms with Gasteiger partial charge in [0.25, 0.3) is 0 Å². The van der Waals surface area contributed by atoms with E-state index in [0.717, 1.165) is 0 Å². The maximum absolute atomic E-state index is 2.66. The van der Waals surface area contributed by atoms with Crippen molar-refractivity contribution < 1.29 is 0 Å². The highest BCUT2D eigenvalue weighted by Gasteiger charge is 2.22. The molecule has 0 unspecified atom stereocenters. The van der Waals surface area contributed by atoms with Crippen LogP contribution in [0.2, 0.25) is 0 Å². The van der Waals surface area contributed by atoms with Crippen LogP contribution in [0.3, 0.4) is 0 Å². The maximum Gasteiger partial charge on any atom is -0.0326 e. The van der Waals surface area contributed by atoms with E-state index in [2.05, 4.69) is 13.8 Å². The van der Waals surface area contributed by atoms with Gasteiger partial charge < -0.3 is 0 Å². The zero-order valence-electron chi connectivity index (χ0n) is 25.1. The molecule has 1 aliphatic carbocycles. The summed E-state index contributed by atoms with van der Waals surface area (Å²) >= 11 is 0. The lowest BCUT2D eigenvalue weighted by atomic mass is 9.75. The second kappa shape index (κ2) is 25.6. The summed E-state index contributed by atoms with van der Waals surface area (Å²) in [5.41, 5.74) is 0.641. The zero-order chi connectivity index (χ0) is 25.1. The van der Waals surface area contributed by atoms with Crippen LogP contribution in [0.1, 0.15) is 219 Å². The Balaban J connectivity index is 2.11. The minimum absolute atomic E-state index is 0.641. The molecular weight excluding hydrogens is 420 g/mol. The van der Waals surface area contributed by atoms with Crippen LogP contribution < -0.4 is 0 Å². The van der Waals surface area contributed by atoms with Crippen molar-refractivity contribution >= 4 is 0 Å². The first kappa shape index (κ1) is 33.0. The summed E-state index contributed by atoms with van der Waals surface area (Å²) in [6.07, 6.45) is 47.6. The highest BCUT2D eigenvalue weighted by Crippen LogP contribution is 2.37. The Kier molecular flexibility index (Phi) is 24.2. The fourth-order valence-electron chi connectivity index (χ4n) is 6.52. The van der Waals surface area contributed by atoms with Gasteiger partial charge in [-0.3, -0.25) is 0 Å². The first-order valence-corrected chi connectivity index (χ1v) is 17.3. The normalized spacial score (nSPS) is 19.7. The lowest BCUT2D eigenvalue weighted by Gasteiger charge is -2.30. The third kappa shape index (κ3) is 22.9. The molecular formula is C35H70. The van der Waals surface area contributed by atoms with Gasteiger partial charge in [0.15, 0.2) is 0 Å². The SMILES string of the molecule is CCCCCCCCCCCCCCCCC1(C)CCCCCCCCCCCCCCCCC1. The van der Waals surface area contributed by atoms with Gasteiger partial charge in [0.05, 0.1) is 0 Å². The van der Waals surface area contributed by atoms with Crippen molar-refractivity contribution in [1.29, 1.82) is 0 Å². The van der Waals surface area contributed by atoms with E-state index in [1.54, 1.807) is 0 Å². The molecule has 1 rings (SSSR count). The first-order valence-electron chi connectivity index (χ1n) is 17.3. The molecule has 0 aliphatic heterocycles. The molecule has 0 N–H and O–H groups in total. The van der Waals surface area contributed by atoms with Gasteiger partial charge >= 0.3 is 0 Å². The van der Waals surface area contributed by atoms with Crippen LogP contribution >= 0.6 is 0 Å². The van der Waals surface area contributed by atoms with E-state index in [-0.39, 0.29) is 0 Å². The molecule has 0 radical (unpaired) electrons. The summed E-state index contributed by atoms with van der Waals surface area (Å²) in [5.74, 6) is 0. The van der Waals surface area contributed by atoms with Gasteiger partial charge in [-0.05, 0) is 24.7 Å². The molecule has 0 amide bonds. The molecule has 0 aromatic heterocycles. The Morgan fingerprint density at radius 3 is 0.914 bits per heavy atom. The quantitative estimate of drug-likeness (QED) is 0.200. The second-order valence-corrected chi connectivity index (χ2v) is 13.0. The number of hydrogen-bond donors (Lipinski definition) is 0. The summed E-state index contributed by atoms with van der Waals surface area (Å²) in [4.78, 5) is 0. The molecule has 0 saturated heterocycles. The minimum atomic E-state index is 0.641. The average molecular weight is 491 g/mol. The zero-order valence-corrected chi connectivity index (χ0v) is 25.1. The Hall–Kier alpha value is 0. The molecule has 0 spiro atoms. The lowest BCUT2D eigenvalue weighted by molar-refractivity contribution is 0.222. The minimum Gasteiger partial charge on any atom is -0.0654 e. The number of hydrogen-bond acceptors (Lipinski definition) is 0. The third-order valence-electron chi connectivity index (χ3n) is 9.19. The summed E-state index contributed by atoms with van der Waals surface area (Å²) in [7, 11) is 0. The lowest BCUT2D eigenvalue weighted by Crippen LogP contribution is -2.16. The van der Waals surface area contributed by atoms with Crippen molar-refractivity contribution in [3.8, 4) is 0 Å². The Morgan fingerprint density at radius 2 is 0.600 bits per heavy atom. The fourth-order valence-corrected chi connectivity index (χ4v) is 6.52. The summed E-state index contributed by atoms with van der Waals surface area (Å²) in [6, 6.07) is 0. The average Bonchev–Trinajstić information content (AvgIpc) is 2.86. The summed E-state index contributed by atoms with van der Waals surface area (Å²) in [6.45, 7) is 4.97. The number of unbranched alkanes of at least 4 members (excludes halogenated alkanes) is 13. The smallest absolute Gasteiger partial charge is 0.0326 e. The van der Waals surface area contributed by atoms with Crippen molar-refractivity contribution in [2.24, 2.45) is 5.41 Å². The van der Waals surface area contributed by atoms with Gasteiger partial charge in [-0.25, -0.2) is 0 Å². The van der Waals surface area contributed by atoms with Crippen LogP contribution in [-0.2, 0) is 0 Å². The van der Waals surface area contributed by atoms with Gasteiger partial charge in [-0.2, -0.15) is 0 Å². The molecule has 0 aromatic carbocycles. The first-order chi connectivity index (χ1) is 17.3. The van der Waals surface area contributed by atoms with E-state index >= 15 is 0 Å². The molecule has 0 aromatic rings. The van der Waals surface area contributed by atoms with Crippen molar-refractivity contribution in [2.75, 3.05) is 0 Å². The number of rotatable bonds is 15. The van der Waals surface area contributed by atoms with Crippen LogP contribution in [0.5, 0.6) is 0 Å². The van der Waals surface area contributed by atoms with Crippen LogP contribution in [0.4, 0.5) is 0 Å². The predicted octanol–water partition coefficient (Wildman–Crippen LogP) is 13.5. The van der Waals surface area contributed by atoms with Gasteiger partial charge in [0.2, 0.25) is 0 Å². The van der Waals surface area contributed by atoms with Gasteiger partial charge in [-0.1, -0.05) is 200 Å². The Bertz CT molecular complexity index is 379. The topological polar surface area (TPSA) is 0 Å². The molecule has 1 aliphatic rings. The van der Waals surface area contributed by atoms with Gasteiger partial charge in [-0.15, -0.1) is 0 Å². The highest BCUT2D eigenvalue weighted by molar-refractivity contribution is 4.75. The second-order valence-electron chi connectivity index (χ2n) is 13.0. The molecule has 0 heterocycles. The maximum atomic E-state index is 2.66. The van der Waals surface area contributed by atoms with E-state index in [4.69, 9.17) is 0 Å². The standard InChI is InChI=1S/C35H70/c1-3-4-5-6-7-8-9-10-14-17-20-23-26-29-32-35(2)33-30-27-24-21-18-15-12-11-13-16-19-22-25-28-31-34-35/h3-34H2,1-2H3. The highest BCUT2D eigenvalue weighted by atomic mass is 14.3. The van der Waals surface area contributed by atoms with Crippen molar-refractivity contribution in [2.45, 2.75) is 219 Å². The van der Waals surface area contributed by atoms with E-state index in [0.29, 0.717) is 5.41 Å². The van der Waals surface area contributed by atoms with Crippen molar-refractivity contribution in [3.05, 3.63) is 0 Å². The van der Waals surface area contributed by atoms with Crippen LogP contribution in [0, 0.1) is 5.41 Å². The molecule has 210 valence electrons. The predicted molar refractivity (Wildman–Crippen MR) is 162 cm³/mol. The van der Waals surface area contributed by atoms with Crippen LogP contribution in [-0.4, -0.2) is 0 Å². The molecule has 0 heteroatoms. The van der Waals surface area contributed by atoms with Crippen molar-refractivity contribution in [3.63, 3.8) is 0 Å². The Labute approximate surface area is 224 Å². The molecule has 1 saturated carbocycles. The summed E-state index contributed by atoms with van der Waals surface area (Å²) in [5, 5.41) is 0. The van der Waals surface area contributed by atoms with Gasteiger partial charge in [0.1, 0.15) is 0 Å². The van der Waals surface area contributed by atoms with Gasteiger partial charge in [0, 0.05) is 0 Å². The van der Waals surface area contributed by atoms with Crippen LogP contribution in [0.15, 0.2) is 0 Å². The monoisotopic (exact) mass is 491 g/mol. The molecule has 1 fully saturated rings.